The Bertz CT molecular complexity index is 345. The van der Waals surface area contributed by atoms with Crippen LogP contribution in [0.4, 0.5) is 13.2 Å². The number of hydrogen-bond acceptors (Lipinski definition) is 3. The van der Waals surface area contributed by atoms with Crippen molar-refractivity contribution in [3.05, 3.63) is 11.8 Å². The first-order valence-corrected chi connectivity index (χ1v) is 6.47. The highest BCUT2D eigenvalue weighted by molar-refractivity contribution is 7.81. The molecule has 1 unspecified atom stereocenters. The number of halogens is 3. The Labute approximate surface area is 99.6 Å². The molecule has 2 aliphatic rings. The van der Waals surface area contributed by atoms with Crippen LogP contribution in [0.1, 0.15) is 25.7 Å². The van der Waals surface area contributed by atoms with E-state index in [9.17, 15) is 17.4 Å². The summed E-state index contributed by atoms with van der Waals surface area (Å²) in [4.78, 5) is 0. The Morgan fingerprint density at radius 1 is 1.29 bits per heavy atom. The topological polar surface area (TPSA) is 35.5 Å². The van der Waals surface area contributed by atoms with E-state index in [4.69, 9.17) is 4.74 Å². The molecule has 17 heavy (non-hydrogen) atoms. The summed E-state index contributed by atoms with van der Waals surface area (Å²) in [6.07, 6.45) is 4.31. The number of rotatable bonds is 2. The lowest BCUT2D eigenvalue weighted by molar-refractivity contribution is -0.0478. The van der Waals surface area contributed by atoms with Crippen LogP contribution in [-0.4, -0.2) is 22.9 Å². The Balaban J connectivity index is 2.07. The Morgan fingerprint density at radius 2 is 1.94 bits per heavy atom. The van der Waals surface area contributed by atoms with Gasteiger partial charge in [0.15, 0.2) is 0 Å². The maximum atomic E-state index is 12.2. The van der Waals surface area contributed by atoms with Crippen LogP contribution in [-0.2, 0) is 20.0 Å². The van der Waals surface area contributed by atoms with Gasteiger partial charge in [-0.05, 0) is 31.8 Å². The lowest BCUT2D eigenvalue weighted by Gasteiger charge is -2.34. The quantitative estimate of drug-likeness (QED) is 0.774. The minimum atomic E-state index is -4.82. The van der Waals surface area contributed by atoms with Crippen LogP contribution in [0.25, 0.3) is 0 Å². The number of alkyl halides is 3. The van der Waals surface area contributed by atoms with Gasteiger partial charge in [0, 0.05) is 18.6 Å². The standard InChI is InChI=1S/C10H13F3O3S/c11-10(12,13)17(14)16-8-2-1-3-9(8)4-6-15-7-5-9/h2H,1,3-7H2. The van der Waals surface area contributed by atoms with Gasteiger partial charge in [-0.15, -0.1) is 0 Å². The fourth-order valence-corrected chi connectivity index (χ4v) is 2.83. The van der Waals surface area contributed by atoms with Crippen molar-refractivity contribution in [2.24, 2.45) is 5.41 Å². The second kappa shape index (κ2) is 4.61. The van der Waals surface area contributed by atoms with Crippen molar-refractivity contribution < 1.29 is 26.3 Å². The summed E-state index contributed by atoms with van der Waals surface area (Å²) in [5, 5.41) is 0. The van der Waals surface area contributed by atoms with E-state index in [1.165, 1.54) is 0 Å². The molecular formula is C10H13F3O3S. The zero-order valence-electron chi connectivity index (χ0n) is 9.09. The van der Waals surface area contributed by atoms with Gasteiger partial charge in [0.2, 0.25) is 0 Å². The molecule has 98 valence electrons. The molecule has 1 fully saturated rings. The second-order valence-electron chi connectivity index (χ2n) is 4.26. The van der Waals surface area contributed by atoms with Gasteiger partial charge in [-0.3, -0.25) is 0 Å². The van der Waals surface area contributed by atoms with Crippen molar-refractivity contribution >= 4 is 11.1 Å². The molecular weight excluding hydrogens is 257 g/mol. The molecule has 0 aromatic heterocycles. The van der Waals surface area contributed by atoms with Crippen molar-refractivity contribution in [1.29, 1.82) is 0 Å². The first-order chi connectivity index (χ1) is 7.94. The molecule has 1 atom stereocenters. The van der Waals surface area contributed by atoms with Gasteiger partial charge in [0.1, 0.15) is 5.76 Å². The normalized spacial score (nSPS) is 25.7. The van der Waals surface area contributed by atoms with Crippen molar-refractivity contribution in [2.45, 2.75) is 31.2 Å². The SMILES string of the molecule is O=S(OC1=CCCC12CCOCC2)C(F)(F)F. The zero-order chi connectivity index (χ0) is 12.5. The van der Waals surface area contributed by atoms with Gasteiger partial charge < -0.3 is 8.92 Å². The third-order valence-electron chi connectivity index (χ3n) is 3.28. The fourth-order valence-electron chi connectivity index (χ4n) is 2.33. The molecule has 0 radical (unpaired) electrons. The summed E-state index contributed by atoms with van der Waals surface area (Å²) in [5.41, 5.74) is -5.21. The molecule has 0 aromatic rings. The lowest BCUT2D eigenvalue weighted by atomic mass is 9.79. The van der Waals surface area contributed by atoms with Crippen LogP contribution >= 0.6 is 0 Å². The van der Waals surface area contributed by atoms with Crippen LogP contribution in [0.15, 0.2) is 11.8 Å². The Morgan fingerprint density at radius 3 is 2.53 bits per heavy atom. The molecule has 0 aromatic carbocycles. The third-order valence-corrected chi connectivity index (χ3v) is 3.99. The minimum absolute atomic E-state index is 0.233. The molecule has 0 bridgehead atoms. The van der Waals surface area contributed by atoms with E-state index >= 15 is 0 Å². The van der Waals surface area contributed by atoms with Gasteiger partial charge in [0.25, 0.3) is 0 Å². The largest absolute Gasteiger partial charge is 0.508 e. The van der Waals surface area contributed by atoms with Crippen LogP contribution in [0.3, 0.4) is 0 Å². The first-order valence-electron chi connectivity index (χ1n) is 5.39. The highest BCUT2D eigenvalue weighted by Gasteiger charge is 2.46. The van der Waals surface area contributed by atoms with Crippen molar-refractivity contribution in [3.8, 4) is 0 Å². The van der Waals surface area contributed by atoms with Crippen LogP contribution in [0.5, 0.6) is 0 Å². The summed E-state index contributed by atoms with van der Waals surface area (Å²) in [6.45, 7) is 1.03. The molecule has 0 amide bonds. The molecule has 1 aliphatic carbocycles. The molecule has 0 N–H and O–H groups in total. The van der Waals surface area contributed by atoms with Gasteiger partial charge in [0.05, 0.1) is 0 Å². The van der Waals surface area contributed by atoms with E-state index in [2.05, 4.69) is 4.18 Å². The molecule has 0 saturated carbocycles. The summed E-state index contributed by atoms with van der Waals surface area (Å²) in [7, 11) is 0. The monoisotopic (exact) mass is 270 g/mol. The van der Waals surface area contributed by atoms with Crippen LogP contribution in [0.2, 0.25) is 0 Å². The Kier molecular flexibility index (Phi) is 3.49. The number of hydrogen-bond donors (Lipinski definition) is 0. The molecule has 3 nitrogen and oxygen atoms in total. The third kappa shape index (κ3) is 2.65. The molecule has 1 spiro atoms. The predicted octanol–water partition coefficient (Wildman–Crippen LogP) is 2.66. The van der Waals surface area contributed by atoms with E-state index in [-0.39, 0.29) is 11.2 Å². The van der Waals surface area contributed by atoms with E-state index in [1.54, 1.807) is 6.08 Å². The van der Waals surface area contributed by atoms with E-state index in [1.807, 2.05) is 0 Å². The Hall–Kier alpha value is -0.560. The van der Waals surface area contributed by atoms with E-state index in [0.29, 0.717) is 32.5 Å². The molecule has 7 heteroatoms. The first kappa shape index (κ1) is 12.9. The average Bonchev–Trinajstić information content (AvgIpc) is 2.61. The molecule has 2 rings (SSSR count). The van der Waals surface area contributed by atoms with E-state index in [0.717, 1.165) is 6.42 Å². The highest BCUT2D eigenvalue weighted by Crippen LogP contribution is 2.48. The molecule has 1 saturated heterocycles. The van der Waals surface area contributed by atoms with Crippen LogP contribution < -0.4 is 0 Å². The second-order valence-corrected chi connectivity index (χ2v) is 5.36. The van der Waals surface area contributed by atoms with Crippen molar-refractivity contribution in [3.63, 3.8) is 0 Å². The smallest absolute Gasteiger partial charge is 0.398 e. The highest BCUT2D eigenvalue weighted by atomic mass is 32.2. The number of ether oxygens (including phenoxy) is 1. The summed E-state index contributed by atoms with van der Waals surface area (Å²) >= 11 is -3.26. The van der Waals surface area contributed by atoms with Crippen molar-refractivity contribution in [1.82, 2.24) is 0 Å². The molecule has 1 heterocycles. The predicted molar refractivity (Wildman–Crippen MR) is 55.1 cm³/mol. The van der Waals surface area contributed by atoms with Crippen LogP contribution in [0, 0.1) is 5.41 Å². The van der Waals surface area contributed by atoms with Crippen molar-refractivity contribution in [2.75, 3.05) is 13.2 Å². The fraction of sp³-hybridized carbons (Fsp3) is 0.800. The average molecular weight is 270 g/mol. The summed E-state index contributed by atoms with van der Waals surface area (Å²) in [6, 6.07) is 0. The van der Waals surface area contributed by atoms with Gasteiger partial charge >= 0.3 is 16.6 Å². The minimum Gasteiger partial charge on any atom is -0.398 e. The van der Waals surface area contributed by atoms with Gasteiger partial charge in [-0.2, -0.15) is 13.2 Å². The number of allylic oxidation sites excluding steroid dienone is 2. The van der Waals surface area contributed by atoms with E-state index < -0.39 is 16.6 Å². The lowest BCUT2D eigenvalue weighted by Crippen LogP contribution is -2.31. The van der Waals surface area contributed by atoms with Gasteiger partial charge in [-0.25, -0.2) is 4.21 Å². The summed E-state index contributed by atoms with van der Waals surface area (Å²) in [5.74, 6) is 0.233. The maximum absolute atomic E-state index is 12.2. The zero-order valence-corrected chi connectivity index (χ0v) is 9.90. The van der Waals surface area contributed by atoms with Gasteiger partial charge in [-0.1, -0.05) is 0 Å². The summed E-state index contributed by atoms with van der Waals surface area (Å²) < 4.78 is 57.3. The molecule has 1 aliphatic heterocycles. The maximum Gasteiger partial charge on any atom is 0.508 e.